The first-order valence-corrected chi connectivity index (χ1v) is 6.40. The minimum absolute atomic E-state index is 0.170. The molecule has 0 saturated carbocycles. The van der Waals surface area contributed by atoms with Gasteiger partial charge in [0.25, 0.3) is 0 Å². The predicted molar refractivity (Wildman–Crippen MR) is 70.5 cm³/mol. The maximum Gasteiger partial charge on any atom is 0.305 e. The van der Waals surface area contributed by atoms with Crippen molar-refractivity contribution in [3.8, 4) is 0 Å². The van der Waals surface area contributed by atoms with E-state index in [9.17, 15) is 4.79 Å². The third-order valence-corrected chi connectivity index (χ3v) is 3.51. The molecule has 18 heavy (non-hydrogen) atoms. The number of benzene rings is 1. The van der Waals surface area contributed by atoms with Gasteiger partial charge in [-0.1, -0.05) is 37.3 Å². The monoisotopic (exact) mass is 248 g/mol. The van der Waals surface area contributed by atoms with Crippen molar-refractivity contribution >= 4 is 5.97 Å². The predicted octanol–water partition coefficient (Wildman–Crippen LogP) is 1.54. The SMILES string of the molecule is CCC(NC1(CC(=O)O)CNC1)c1ccccc1. The van der Waals surface area contributed by atoms with Crippen LogP contribution < -0.4 is 10.6 Å². The second-order valence-electron chi connectivity index (χ2n) is 4.97. The zero-order valence-corrected chi connectivity index (χ0v) is 10.6. The van der Waals surface area contributed by atoms with Crippen LogP contribution in [0.2, 0.25) is 0 Å². The summed E-state index contributed by atoms with van der Waals surface area (Å²) in [5.41, 5.74) is 0.930. The van der Waals surface area contributed by atoms with E-state index in [2.05, 4.69) is 29.7 Å². The number of carboxylic acids is 1. The Bertz CT molecular complexity index is 402. The lowest BCUT2D eigenvalue weighted by molar-refractivity contribution is -0.139. The molecule has 1 aliphatic rings. The Morgan fingerprint density at radius 1 is 1.44 bits per heavy atom. The van der Waals surface area contributed by atoms with Gasteiger partial charge < -0.3 is 15.7 Å². The molecule has 0 aliphatic carbocycles. The Morgan fingerprint density at radius 2 is 2.11 bits per heavy atom. The fourth-order valence-electron chi connectivity index (χ4n) is 2.47. The van der Waals surface area contributed by atoms with Gasteiger partial charge in [0.15, 0.2) is 0 Å². The number of hydrogen-bond acceptors (Lipinski definition) is 3. The first kappa shape index (κ1) is 13.1. The highest BCUT2D eigenvalue weighted by molar-refractivity contribution is 5.68. The molecule has 1 saturated heterocycles. The van der Waals surface area contributed by atoms with E-state index in [0.29, 0.717) is 0 Å². The van der Waals surface area contributed by atoms with Gasteiger partial charge in [-0.2, -0.15) is 0 Å². The number of aliphatic carboxylic acids is 1. The summed E-state index contributed by atoms with van der Waals surface area (Å²) in [4.78, 5) is 10.9. The summed E-state index contributed by atoms with van der Waals surface area (Å²) in [6.07, 6.45) is 1.12. The van der Waals surface area contributed by atoms with Crippen LogP contribution in [-0.4, -0.2) is 29.7 Å². The van der Waals surface area contributed by atoms with E-state index in [4.69, 9.17) is 5.11 Å². The van der Waals surface area contributed by atoms with Gasteiger partial charge in [-0.15, -0.1) is 0 Å². The Morgan fingerprint density at radius 3 is 2.56 bits per heavy atom. The third-order valence-electron chi connectivity index (χ3n) is 3.51. The molecule has 1 aromatic rings. The average molecular weight is 248 g/mol. The van der Waals surface area contributed by atoms with Crippen molar-refractivity contribution in [2.75, 3.05) is 13.1 Å². The van der Waals surface area contributed by atoms with E-state index in [1.165, 1.54) is 5.56 Å². The molecule has 1 aliphatic heterocycles. The maximum absolute atomic E-state index is 10.9. The zero-order chi connectivity index (χ0) is 13.0. The number of carbonyl (C=O) groups is 1. The molecular weight excluding hydrogens is 228 g/mol. The Hall–Kier alpha value is -1.39. The van der Waals surface area contributed by atoms with Crippen LogP contribution in [0.25, 0.3) is 0 Å². The fourth-order valence-corrected chi connectivity index (χ4v) is 2.47. The average Bonchev–Trinajstić information content (AvgIpc) is 2.33. The van der Waals surface area contributed by atoms with Crippen molar-refractivity contribution in [1.29, 1.82) is 0 Å². The molecular formula is C14H20N2O2. The summed E-state index contributed by atoms with van der Waals surface area (Å²) in [5.74, 6) is -0.744. The number of nitrogens with one attached hydrogen (secondary N) is 2. The number of carboxylic acid groups (broad SMARTS) is 1. The molecule has 1 heterocycles. The lowest BCUT2D eigenvalue weighted by Gasteiger charge is -2.45. The molecule has 1 aromatic carbocycles. The zero-order valence-electron chi connectivity index (χ0n) is 10.6. The molecule has 0 aromatic heterocycles. The van der Waals surface area contributed by atoms with Crippen LogP contribution in [-0.2, 0) is 4.79 Å². The Balaban J connectivity index is 2.07. The lowest BCUT2D eigenvalue weighted by atomic mass is 9.86. The highest BCUT2D eigenvalue weighted by Crippen LogP contribution is 2.24. The molecule has 1 unspecified atom stereocenters. The summed E-state index contributed by atoms with van der Waals surface area (Å²) >= 11 is 0. The van der Waals surface area contributed by atoms with Crippen molar-refractivity contribution in [1.82, 2.24) is 10.6 Å². The molecule has 3 N–H and O–H groups in total. The van der Waals surface area contributed by atoms with Crippen molar-refractivity contribution < 1.29 is 9.90 Å². The molecule has 4 nitrogen and oxygen atoms in total. The van der Waals surface area contributed by atoms with E-state index < -0.39 is 5.97 Å². The summed E-state index contributed by atoms with van der Waals surface area (Å²) in [5, 5.41) is 15.7. The highest BCUT2D eigenvalue weighted by Gasteiger charge is 2.40. The van der Waals surface area contributed by atoms with Gasteiger partial charge in [0.1, 0.15) is 0 Å². The molecule has 2 rings (SSSR count). The molecule has 0 spiro atoms. The van der Waals surface area contributed by atoms with Gasteiger partial charge in [0.2, 0.25) is 0 Å². The van der Waals surface area contributed by atoms with E-state index in [-0.39, 0.29) is 18.0 Å². The Labute approximate surface area is 107 Å². The molecule has 0 amide bonds. The minimum atomic E-state index is -0.744. The molecule has 0 radical (unpaired) electrons. The second kappa shape index (κ2) is 5.50. The van der Waals surface area contributed by atoms with Crippen molar-refractivity contribution in [3.05, 3.63) is 35.9 Å². The van der Waals surface area contributed by atoms with Gasteiger partial charge in [-0.25, -0.2) is 0 Å². The molecule has 98 valence electrons. The van der Waals surface area contributed by atoms with Crippen LogP contribution in [0, 0.1) is 0 Å². The molecule has 4 heteroatoms. The van der Waals surface area contributed by atoms with Crippen LogP contribution in [0.15, 0.2) is 30.3 Å². The van der Waals surface area contributed by atoms with Crippen molar-refractivity contribution in [3.63, 3.8) is 0 Å². The van der Waals surface area contributed by atoms with Gasteiger partial charge in [-0.3, -0.25) is 4.79 Å². The van der Waals surface area contributed by atoms with Crippen LogP contribution in [0.1, 0.15) is 31.4 Å². The summed E-state index contributed by atoms with van der Waals surface area (Å²) in [7, 11) is 0. The largest absolute Gasteiger partial charge is 0.481 e. The van der Waals surface area contributed by atoms with Gasteiger partial charge in [0, 0.05) is 19.1 Å². The van der Waals surface area contributed by atoms with Crippen LogP contribution in [0.4, 0.5) is 0 Å². The second-order valence-corrected chi connectivity index (χ2v) is 4.97. The van der Waals surface area contributed by atoms with Crippen molar-refractivity contribution in [2.24, 2.45) is 0 Å². The van der Waals surface area contributed by atoms with E-state index in [1.807, 2.05) is 18.2 Å². The van der Waals surface area contributed by atoms with E-state index in [0.717, 1.165) is 19.5 Å². The van der Waals surface area contributed by atoms with Crippen LogP contribution in [0.5, 0.6) is 0 Å². The first-order valence-electron chi connectivity index (χ1n) is 6.40. The summed E-state index contributed by atoms with van der Waals surface area (Å²) < 4.78 is 0. The van der Waals surface area contributed by atoms with E-state index >= 15 is 0 Å². The van der Waals surface area contributed by atoms with E-state index in [1.54, 1.807) is 0 Å². The quantitative estimate of drug-likeness (QED) is 0.714. The van der Waals surface area contributed by atoms with Gasteiger partial charge >= 0.3 is 5.97 Å². The highest BCUT2D eigenvalue weighted by atomic mass is 16.4. The standard InChI is InChI=1S/C14H20N2O2/c1-2-12(11-6-4-3-5-7-11)16-14(8-13(17)18)9-15-10-14/h3-7,12,15-16H,2,8-10H2,1H3,(H,17,18). The van der Waals surface area contributed by atoms with Gasteiger partial charge in [0.05, 0.1) is 12.0 Å². The van der Waals surface area contributed by atoms with Gasteiger partial charge in [-0.05, 0) is 12.0 Å². The molecule has 0 bridgehead atoms. The topological polar surface area (TPSA) is 61.4 Å². The van der Waals surface area contributed by atoms with Crippen molar-refractivity contribution in [2.45, 2.75) is 31.3 Å². The third kappa shape index (κ3) is 2.89. The molecule has 1 atom stereocenters. The molecule has 1 fully saturated rings. The normalized spacial score (nSPS) is 18.9. The summed E-state index contributed by atoms with van der Waals surface area (Å²) in [6.45, 7) is 3.57. The number of hydrogen-bond donors (Lipinski definition) is 3. The lowest BCUT2D eigenvalue weighted by Crippen LogP contribution is -2.68. The maximum atomic E-state index is 10.9. The fraction of sp³-hybridized carbons (Fsp3) is 0.500. The number of rotatable bonds is 6. The van der Waals surface area contributed by atoms with Crippen LogP contribution in [0.3, 0.4) is 0 Å². The first-order chi connectivity index (χ1) is 8.65. The smallest absolute Gasteiger partial charge is 0.305 e. The van der Waals surface area contributed by atoms with Crippen LogP contribution >= 0.6 is 0 Å². The minimum Gasteiger partial charge on any atom is -0.481 e. The summed E-state index contributed by atoms with van der Waals surface area (Å²) in [6, 6.07) is 10.4. The Kier molecular flexibility index (Phi) is 3.99.